The molecule has 2 rings (SSSR count). The Morgan fingerprint density at radius 3 is 2.06 bits per heavy atom. The molecule has 0 amide bonds. The molecule has 0 aliphatic carbocycles. The van der Waals surface area contributed by atoms with E-state index in [-0.39, 0.29) is 36.8 Å². The topological polar surface area (TPSA) is 98.7 Å². The summed E-state index contributed by atoms with van der Waals surface area (Å²) < 4.78 is 0. The van der Waals surface area contributed by atoms with E-state index in [2.05, 4.69) is 10.6 Å². The van der Waals surface area contributed by atoms with Crippen LogP contribution in [0, 0.1) is 5.92 Å². The lowest BCUT2D eigenvalue weighted by Crippen LogP contribution is -2.39. The fourth-order valence-corrected chi connectivity index (χ4v) is 2.60. The van der Waals surface area contributed by atoms with Crippen LogP contribution >= 0.6 is 24.8 Å². The van der Waals surface area contributed by atoms with Crippen LogP contribution in [-0.2, 0) is 9.59 Å². The number of rotatable bonds is 3. The molecule has 0 aromatic carbocycles. The standard InChI is InChI=1S/C10H16N2O4.2ClH/c13-9(14)7-2-1-6(12-7)5-3-8(10(15)16)11-4-5;;/h5-8,11-12H,1-4H2,(H,13,14)(H,15,16);2*1H/t5-,6-,7+,8+;;/m1../s1. The molecule has 0 aromatic heterocycles. The van der Waals surface area contributed by atoms with E-state index in [1.54, 1.807) is 0 Å². The molecule has 0 bridgehead atoms. The number of aliphatic carboxylic acids is 2. The minimum atomic E-state index is -0.824. The number of hydrogen-bond acceptors (Lipinski definition) is 4. The second kappa shape index (κ2) is 7.13. The summed E-state index contributed by atoms with van der Waals surface area (Å²) in [7, 11) is 0. The number of hydrogen-bond donors (Lipinski definition) is 4. The molecule has 0 aromatic rings. The lowest BCUT2D eigenvalue weighted by Gasteiger charge is -2.18. The zero-order valence-corrected chi connectivity index (χ0v) is 11.3. The molecule has 0 spiro atoms. The van der Waals surface area contributed by atoms with Crippen LogP contribution < -0.4 is 10.6 Å². The van der Waals surface area contributed by atoms with Gasteiger partial charge in [0, 0.05) is 12.6 Å². The van der Waals surface area contributed by atoms with Gasteiger partial charge in [0.2, 0.25) is 0 Å². The van der Waals surface area contributed by atoms with Gasteiger partial charge in [0.1, 0.15) is 12.1 Å². The van der Waals surface area contributed by atoms with E-state index in [4.69, 9.17) is 10.2 Å². The molecule has 2 aliphatic rings. The van der Waals surface area contributed by atoms with Crippen molar-refractivity contribution in [3.05, 3.63) is 0 Å². The third-order valence-electron chi connectivity index (χ3n) is 3.51. The smallest absolute Gasteiger partial charge is 0.320 e. The third kappa shape index (κ3) is 3.71. The first kappa shape index (κ1) is 17.4. The fraction of sp³-hybridized carbons (Fsp3) is 0.800. The maximum Gasteiger partial charge on any atom is 0.320 e. The molecule has 2 heterocycles. The van der Waals surface area contributed by atoms with Gasteiger partial charge in [-0.2, -0.15) is 0 Å². The Morgan fingerprint density at radius 2 is 1.61 bits per heavy atom. The minimum absolute atomic E-state index is 0. The Bertz CT molecular complexity index is 286. The van der Waals surface area contributed by atoms with Crippen molar-refractivity contribution in [3.8, 4) is 0 Å². The first-order valence-corrected chi connectivity index (χ1v) is 5.53. The molecule has 106 valence electrons. The highest BCUT2D eigenvalue weighted by Gasteiger charge is 2.38. The van der Waals surface area contributed by atoms with Crippen molar-refractivity contribution in [2.45, 2.75) is 37.4 Å². The highest BCUT2D eigenvalue weighted by atomic mass is 35.5. The van der Waals surface area contributed by atoms with Gasteiger partial charge in [-0.15, -0.1) is 24.8 Å². The maximum absolute atomic E-state index is 10.8. The number of carbonyl (C=O) groups is 2. The van der Waals surface area contributed by atoms with E-state index in [1.165, 1.54) is 0 Å². The molecule has 8 heteroatoms. The van der Waals surface area contributed by atoms with Crippen LogP contribution in [0.5, 0.6) is 0 Å². The minimum Gasteiger partial charge on any atom is -0.480 e. The summed E-state index contributed by atoms with van der Waals surface area (Å²) >= 11 is 0. The van der Waals surface area contributed by atoms with Crippen LogP contribution in [0.3, 0.4) is 0 Å². The van der Waals surface area contributed by atoms with Gasteiger partial charge >= 0.3 is 11.9 Å². The molecule has 0 saturated carbocycles. The zero-order chi connectivity index (χ0) is 11.7. The van der Waals surface area contributed by atoms with Gasteiger partial charge in [-0.25, -0.2) is 0 Å². The van der Waals surface area contributed by atoms with Crippen molar-refractivity contribution in [3.63, 3.8) is 0 Å². The predicted molar refractivity (Wildman–Crippen MR) is 69.6 cm³/mol. The van der Waals surface area contributed by atoms with Gasteiger partial charge in [0.15, 0.2) is 0 Å². The number of carboxylic acid groups (broad SMARTS) is 2. The molecule has 0 radical (unpaired) electrons. The average Bonchev–Trinajstić information content (AvgIpc) is 2.86. The first-order valence-electron chi connectivity index (χ1n) is 5.53. The second-order valence-corrected chi connectivity index (χ2v) is 4.54. The fourth-order valence-electron chi connectivity index (χ4n) is 2.60. The van der Waals surface area contributed by atoms with E-state index in [9.17, 15) is 9.59 Å². The Morgan fingerprint density at radius 1 is 1.00 bits per heavy atom. The predicted octanol–water partition coefficient (Wildman–Crippen LogP) is 0.0979. The van der Waals surface area contributed by atoms with Crippen molar-refractivity contribution < 1.29 is 19.8 Å². The van der Waals surface area contributed by atoms with Gasteiger partial charge in [-0.1, -0.05) is 0 Å². The van der Waals surface area contributed by atoms with E-state index >= 15 is 0 Å². The highest BCUT2D eigenvalue weighted by Crippen LogP contribution is 2.25. The second-order valence-electron chi connectivity index (χ2n) is 4.54. The van der Waals surface area contributed by atoms with Gasteiger partial charge < -0.3 is 20.8 Å². The largest absolute Gasteiger partial charge is 0.480 e. The van der Waals surface area contributed by atoms with Crippen LogP contribution in [-0.4, -0.2) is 46.8 Å². The summed E-state index contributed by atoms with van der Waals surface area (Å²) in [5, 5.41) is 23.7. The van der Waals surface area contributed by atoms with E-state index < -0.39 is 24.0 Å². The van der Waals surface area contributed by atoms with E-state index in [0.29, 0.717) is 19.4 Å². The maximum atomic E-state index is 10.8. The van der Waals surface area contributed by atoms with Crippen molar-refractivity contribution in [2.75, 3.05) is 6.54 Å². The van der Waals surface area contributed by atoms with E-state index in [1.807, 2.05) is 0 Å². The summed E-state index contributed by atoms with van der Waals surface area (Å²) in [6.07, 6.45) is 2.03. The van der Waals surface area contributed by atoms with Gasteiger partial charge in [-0.05, 0) is 25.2 Å². The quantitative estimate of drug-likeness (QED) is 0.590. The average molecular weight is 301 g/mol. The van der Waals surface area contributed by atoms with Crippen LogP contribution in [0.4, 0.5) is 0 Å². The molecule has 2 saturated heterocycles. The highest BCUT2D eigenvalue weighted by molar-refractivity contribution is 5.85. The number of nitrogens with one attached hydrogen (secondary N) is 2. The van der Waals surface area contributed by atoms with Gasteiger partial charge in [0.05, 0.1) is 0 Å². The Balaban J connectivity index is 0.00000144. The van der Waals surface area contributed by atoms with Crippen molar-refractivity contribution in [1.82, 2.24) is 10.6 Å². The van der Waals surface area contributed by atoms with Crippen LogP contribution in [0.15, 0.2) is 0 Å². The summed E-state index contributed by atoms with van der Waals surface area (Å²) in [6.45, 7) is 0.654. The van der Waals surface area contributed by atoms with Crippen LogP contribution in [0.25, 0.3) is 0 Å². The molecule has 4 N–H and O–H groups in total. The molecule has 4 atom stereocenters. The Kier molecular flexibility index (Phi) is 6.91. The number of carboxylic acids is 2. The van der Waals surface area contributed by atoms with Crippen LogP contribution in [0.2, 0.25) is 0 Å². The van der Waals surface area contributed by atoms with Crippen molar-refractivity contribution in [1.29, 1.82) is 0 Å². The molecule has 2 aliphatic heterocycles. The monoisotopic (exact) mass is 300 g/mol. The molecular weight excluding hydrogens is 283 g/mol. The summed E-state index contributed by atoms with van der Waals surface area (Å²) in [5.74, 6) is -1.41. The first-order chi connectivity index (χ1) is 7.58. The van der Waals surface area contributed by atoms with E-state index in [0.717, 1.165) is 6.42 Å². The molecule has 6 nitrogen and oxygen atoms in total. The Hall–Kier alpha value is -0.560. The molecule has 18 heavy (non-hydrogen) atoms. The molecule has 0 unspecified atom stereocenters. The lowest BCUT2D eigenvalue weighted by molar-refractivity contribution is -0.140. The van der Waals surface area contributed by atoms with Crippen LogP contribution in [0.1, 0.15) is 19.3 Å². The molecular formula is C10H18Cl2N2O4. The van der Waals surface area contributed by atoms with Crippen molar-refractivity contribution in [2.24, 2.45) is 5.92 Å². The normalized spacial score (nSPS) is 34.4. The summed E-state index contributed by atoms with van der Waals surface area (Å²) in [5.41, 5.74) is 0. The van der Waals surface area contributed by atoms with Crippen molar-refractivity contribution >= 4 is 36.8 Å². The van der Waals surface area contributed by atoms with Gasteiger partial charge in [0.25, 0.3) is 0 Å². The summed E-state index contributed by atoms with van der Waals surface area (Å²) in [4.78, 5) is 21.5. The summed E-state index contributed by atoms with van der Waals surface area (Å²) in [6, 6.07) is -0.803. The Labute approximate surface area is 117 Å². The SMILES string of the molecule is Cl.Cl.O=C(O)[C@@H]1C[C@@H]([C@H]2CC[C@@H](C(=O)O)N2)CN1. The molecule has 2 fully saturated rings. The lowest BCUT2D eigenvalue weighted by atomic mass is 9.95. The zero-order valence-electron chi connectivity index (χ0n) is 9.67. The van der Waals surface area contributed by atoms with Gasteiger partial charge in [-0.3, -0.25) is 9.59 Å². The number of halogens is 2. The third-order valence-corrected chi connectivity index (χ3v) is 3.51.